The average Bonchev–Trinajstić information content (AvgIpc) is 2.70. The summed E-state index contributed by atoms with van der Waals surface area (Å²) in [6.07, 6.45) is -2.88. The molecule has 0 saturated heterocycles. The minimum absolute atomic E-state index is 0.383. The van der Waals surface area contributed by atoms with Gasteiger partial charge in [-0.1, -0.05) is 0 Å². The van der Waals surface area contributed by atoms with Gasteiger partial charge >= 0.3 is 6.18 Å². The summed E-state index contributed by atoms with van der Waals surface area (Å²) in [5.41, 5.74) is 0.946. The first-order valence-electron chi connectivity index (χ1n) is 8.30. The Labute approximate surface area is 160 Å². The molecule has 0 fully saturated rings. The minimum atomic E-state index is -4.44. The smallest absolute Gasteiger partial charge is 0.416 e. The molecule has 0 radical (unpaired) electrons. The van der Waals surface area contributed by atoms with Crippen molar-refractivity contribution in [1.82, 2.24) is 4.98 Å². The molecule has 0 N–H and O–H groups in total. The van der Waals surface area contributed by atoms with Crippen molar-refractivity contribution in [3.8, 4) is 17.2 Å². The molecule has 0 aliphatic carbocycles. The molecule has 28 heavy (non-hydrogen) atoms. The van der Waals surface area contributed by atoms with Crippen LogP contribution in [0.2, 0.25) is 0 Å². The number of pyridine rings is 1. The van der Waals surface area contributed by atoms with Crippen LogP contribution in [-0.2, 0) is 6.18 Å². The standard InChI is InChI=1S/C20H19F3N2O3/c1-25(13-10-17(26-2)19(28-4)18(11-13)27-3)16-7-8-24-15-6-5-12(9-14(15)16)20(21,22)23/h5-11H,1-4H3. The van der Waals surface area contributed by atoms with Gasteiger partial charge in [-0.05, 0) is 24.3 Å². The first kappa shape index (κ1) is 19.6. The van der Waals surface area contributed by atoms with Crippen LogP contribution in [0.5, 0.6) is 17.2 Å². The number of anilines is 2. The van der Waals surface area contributed by atoms with E-state index in [9.17, 15) is 13.2 Å². The summed E-state index contributed by atoms with van der Waals surface area (Å²) in [6.45, 7) is 0. The Morgan fingerprint density at radius 2 is 1.54 bits per heavy atom. The molecule has 0 atom stereocenters. The third-order valence-corrected chi connectivity index (χ3v) is 4.44. The highest BCUT2D eigenvalue weighted by Crippen LogP contribution is 2.43. The fourth-order valence-corrected chi connectivity index (χ4v) is 3.00. The molecule has 5 nitrogen and oxygen atoms in total. The number of methoxy groups -OCH3 is 3. The van der Waals surface area contributed by atoms with Crippen molar-refractivity contribution >= 4 is 22.3 Å². The maximum atomic E-state index is 13.2. The van der Waals surface area contributed by atoms with Gasteiger partial charge in [0.25, 0.3) is 0 Å². The number of alkyl halides is 3. The van der Waals surface area contributed by atoms with Gasteiger partial charge in [0.1, 0.15) is 0 Å². The molecule has 1 heterocycles. The zero-order valence-corrected chi connectivity index (χ0v) is 15.8. The van der Waals surface area contributed by atoms with E-state index in [0.717, 1.165) is 12.1 Å². The van der Waals surface area contributed by atoms with Gasteiger partial charge in [-0.2, -0.15) is 13.2 Å². The molecule has 148 valence electrons. The van der Waals surface area contributed by atoms with Crippen molar-refractivity contribution in [2.45, 2.75) is 6.18 Å². The lowest BCUT2D eigenvalue weighted by Gasteiger charge is -2.24. The van der Waals surface area contributed by atoms with Crippen molar-refractivity contribution in [1.29, 1.82) is 0 Å². The molecule has 1 aromatic heterocycles. The largest absolute Gasteiger partial charge is 0.493 e. The van der Waals surface area contributed by atoms with E-state index < -0.39 is 11.7 Å². The summed E-state index contributed by atoms with van der Waals surface area (Å²) in [7, 11) is 6.24. The monoisotopic (exact) mass is 392 g/mol. The fraction of sp³-hybridized carbons (Fsp3) is 0.250. The van der Waals surface area contributed by atoms with Crippen molar-refractivity contribution in [2.24, 2.45) is 0 Å². The van der Waals surface area contributed by atoms with Gasteiger partial charge in [-0.3, -0.25) is 4.98 Å². The van der Waals surface area contributed by atoms with Gasteiger partial charge in [0.05, 0.1) is 38.1 Å². The zero-order chi connectivity index (χ0) is 20.5. The summed E-state index contributed by atoms with van der Waals surface area (Å²) in [6, 6.07) is 8.60. The lowest BCUT2D eigenvalue weighted by molar-refractivity contribution is -0.137. The van der Waals surface area contributed by atoms with E-state index in [2.05, 4.69) is 4.98 Å². The van der Waals surface area contributed by atoms with E-state index in [0.29, 0.717) is 39.5 Å². The van der Waals surface area contributed by atoms with E-state index in [-0.39, 0.29) is 0 Å². The van der Waals surface area contributed by atoms with Gasteiger partial charge in [0.15, 0.2) is 11.5 Å². The molecule has 0 bridgehead atoms. The molecule has 0 spiro atoms. The SMILES string of the molecule is COc1cc(N(C)c2ccnc3ccc(C(F)(F)F)cc23)cc(OC)c1OC. The van der Waals surface area contributed by atoms with Crippen LogP contribution in [0.4, 0.5) is 24.5 Å². The number of nitrogens with zero attached hydrogens (tertiary/aromatic N) is 2. The predicted octanol–water partition coefficient (Wildman–Crippen LogP) is 5.05. The Morgan fingerprint density at radius 1 is 0.893 bits per heavy atom. The van der Waals surface area contributed by atoms with Gasteiger partial charge < -0.3 is 19.1 Å². The van der Waals surface area contributed by atoms with E-state index in [1.165, 1.54) is 27.4 Å². The van der Waals surface area contributed by atoms with Crippen molar-refractivity contribution in [3.05, 3.63) is 48.2 Å². The highest BCUT2D eigenvalue weighted by Gasteiger charge is 2.31. The molecule has 3 rings (SSSR count). The lowest BCUT2D eigenvalue weighted by Crippen LogP contribution is -2.12. The number of rotatable bonds is 5. The normalized spacial score (nSPS) is 11.4. The molecule has 3 aromatic rings. The zero-order valence-electron chi connectivity index (χ0n) is 15.8. The van der Waals surface area contributed by atoms with Crippen LogP contribution in [0, 0.1) is 0 Å². The van der Waals surface area contributed by atoms with Crippen LogP contribution in [-0.4, -0.2) is 33.4 Å². The molecule has 0 aliphatic rings. The topological polar surface area (TPSA) is 43.8 Å². The molecular weight excluding hydrogens is 373 g/mol. The summed E-state index contributed by atoms with van der Waals surface area (Å²) < 4.78 is 55.6. The second-order valence-electron chi connectivity index (χ2n) is 6.00. The number of hydrogen-bond acceptors (Lipinski definition) is 5. The summed E-state index contributed by atoms with van der Waals surface area (Å²) in [4.78, 5) is 5.92. The van der Waals surface area contributed by atoms with Gasteiger partial charge in [0, 0.05) is 36.5 Å². The number of hydrogen-bond donors (Lipinski definition) is 0. The van der Waals surface area contributed by atoms with Crippen LogP contribution >= 0.6 is 0 Å². The Bertz CT molecular complexity index is 981. The van der Waals surface area contributed by atoms with Crippen LogP contribution < -0.4 is 19.1 Å². The maximum Gasteiger partial charge on any atom is 0.416 e. The fourth-order valence-electron chi connectivity index (χ4n) is 3.00. The molecule has 2 aromatic carbocycles. The first-order valence-corrected chi connectivity index (χ1v) is 8.30. The summed E-state index contributed by atoms with van der Waals surface area (Å²) >= 11 is 0. The third-order valence-electron chi connectivity index (χ3n) is 4.44. The van der Waals surface area contributed by atoms with Crippen LogP contribution in [0.15, 0.2) is 42.6 Å². The first-order chi connectivity index (χ1) is 13.3. The Morgan fingerprint density at radius 3 is 2.07 bits per heavy atom. The maximum absolute atomic E-state index is 13.2. The van der Waals surface area contributed by atoms with Crippen molar-refractivity contribution in [3.63, 3.8) is 0 Å². The highest BCUT2D eigenvalue weighted by atomic mass is 19.4. The van der Waals surface area contributed by atoms with Crippen LogP contribution in [0.25, 0.3) is 10.9 Å². The van der Waals surface area contributed by atoms with Crippen LogP contribution in [0.3, 0.4) is 0 Å². The second-order valence-corrected chi connectivity index (χ2v) is 6.00. The summed E-state index contributed by atoms with van der Waals surface area (Å²) in [5.74, 6) is 1.32. The Kier molecular flexibility index (Phi) is 5.22. The Balaban J connectivity index is 2.17. The molecule has 0 saturated carbocycles. The summed E-state index contributed by atoms with van der Waals surface area (Å²) in [5, 5.41) is 0.383. The molecule has 8 heteroatoms. The van der Waals surface area contributed by atoms with Gasteiger partial charge in [-0.25, -0.2) is 0 Å². The predicted molar refractivity (Wildman–Crippen MR) is 101 cm³/mol. The van der Waals surface area contributed by atoms with Gasteiger partial charge in [-0.15, -0.1) is 0 Å². The van der Waals surface area contributed by atoms with E-state index in [1.54, 1.807) is 36.3 Å². The van der Waals surface area contributed by atoms with Gasteiger partial charge in [0.2, 0.25) is 5.75 Å². The molecule has 0 amide bonds. The number of aromatic nitrogens is 1. The second kappa shape index (κ2) is 7.46. The molecular formula is C20H19F3N2O3. The third kappa shape index (κ3) is 3.49. The molecule has 0 aliphatic heterocycles. The quantitative estimate of drug-likeness (QED) is 0.608. The number of fused-ring (bicyclic) bond motifs is 1. The van der Waals surface area contributed by atoms with Crippen LogP contribution in [0.1, 0.15) is 5.56 Å². The molecule has 0 unspecified atom stereocenters. The highest BCUT2D eigenvalue weighted by molar-refractivity contribution is 5.94. The number of benzene rings is 2. The van der Waals surface area contributed by atoms with E-state index >= 15 is 0 Å². The minimum Gasteiger partial charge on any atom is -0.493 e. The average molecular weight is 392 g/mol. The Hall–Kier alpha value is -3.16. The number of halogens is 3. The number of ether oxygens (including phenoxy) is 3. The lowest BCUT2D eigenvalue weighted by atomic mass is 10.1. The van der Waals surface area contributed by atoms with Crippen molar-refractivity contribution in [2.75, 3.05) is 33.3 Å². The van der Waals surface area contributed by atoms with E-state index in [4.69, 9.17) is 14.2 Å². The van der Waals surface area contributed by atoms with E-state index in [1.807, 2.05) is 0 Å². The van der Waals surface area contributed by atoms with Crippen molar-refractivity contribution < 1.29 is 27.4 Å².